The fraction of sp³-hybridized carbons (Fsp3) is 0.389. The van der Waals surface area contributed by atoms with Crippen LogP contribution >= 0.6 is 11.6 Å². The Morgan fingerprint density at radius 2 is 2.20 bits per heavy atom. The number of benzene rings is 1. The number of aryl methyl sites for hydroxylation is 1. The molecule has 130 valence electrons. The zero-order valence-electron chi connectivity index (χ0n) is 13.8. The highest BCUT2D eigenvalue weighted by molar-refractivity contribution is 6.37. The van der Waals surface area contributed by atoms with Crippen molar-refractivity contribution in [3.63, 3.8) is 0 Å². The van der Waals surface area contributed by atoms with Crippen molar-refractivity contribution in [1.29, 1.82) is 0 Å². The number of pyridine rings is 1. The summed E-state index contributed by atoms with van der Waals surface area (Å²) in [4.78, 5) is 24.5. The number of nitrogens with zero attached hydrogens (tertiary/aromatic N) is 2. The van der Waals surface area contributed by atoms with Crippen LogP contribution < -0.4 is 11.3 Å². The van der Waals surface area contributed by atoms with Gasteiger partial charge in [-0.2, -0.15) is 0 Å². The van der Waals surface area contributed by atoms with E-state index in [9.17, 15) is 9.59 Å². The van der Waals surface area contributed by atoms with Crippen molar-refractivity contribution in [1.82, 2.24) is 9.72 Å². The van der Waals surface area contributed by atoms with Crippen molar-refractivity contribution < 1.29 is 9.32 Å². The third kappa shape index (κ3) is 2.52. The highest BCUT2D eigenvalue weighted by Gasteiger charge is 2.29. The van der Waals surface area contributed by atoms with Crippen LogP contribution in [0.4, 0.5) is 0 Å². The largest absolute Gasteiger partial charge is 0.369 e. The van der Waals surface area contributed by atoms with Gasteiger partial charge in [-0.05, 0) is 44.2 Å². The summed E-state index contributed by atoms with van der Waals surface area (Å²) in [5, 5.41) is 5.76. The Labute approximate surface area is 148 Å². The molecule has 2 atom stereocenters. The van der Waals surface area contributed by atoms with Gasteiger partial charge >= 0.3 is 0 Å². The van der Waals surface area contributed by atoms with E-state index in [-0.39, 0.29) is 23.3 Å². The minimum Gasteiger partial charge on any atom is -0.369 e. The number of halogens is 1. The summed E-state index contributed by atoms with van der Waals surface area (Å²) >= 11 is 6.39. The van der Waals surface area contributed by atoms with Gasteiger partial charge in [0, 0.05) is 17.8 Å². The summed E-state index contributed by atoms with van der Waals surface area (Å²) in [5.41, 5.74) is 6.53. The van der Waals surface area contributed by atoms with Crippen LogP contribution in [0.25, 0.3) is 21.8 Å². The lowest BCUT2D eigenvalue weighted by Crippen LogP contribution is -2.25. The summed E-state index contributed by atoms with van der Waals surface area (Å²) in [5.74, 6) is 0.358. The smallest absolute Gasteiger partial charge is 0.264 e. The zero-order valence-corrected chi connectivity index (χ0v) is 14.5. The number of carbonyl (C=O) groups is 1. The number of hydrogen-bond acceptors (Lipinski definition) is 4. The monoisotopic (exact) mass is 359 g/mol. The van der Waals surface area contributed by atoms with E-state index in [2.05, 4.69) is 5.16 Å². The molecular weight excluding hydrogens is 342 g/mol. The Morgan fingerprint density at radius 3 is 2.92 bits per heavy atom. The predicted octanol–water partition coefficient (Wildman–Crippen LogP) is 3.01. The van der Waals surface area contributed by atoms with Crippen LogP contribution in [0.2, 0.25) is 5.02 Å². The molecule has 0 aliphatic heterocycles. The third-order valence-corrected chi connectivity index (χ3v) is 5.54. The Kier molecular flexibility index (Phi) is 3.80. The first kappa shape index (κ1) is 16.1. The first-order valence-electron chi connectivity index (χ1n) is 8.33. The van der Waals surface area contributed by atoms with Gasteiger partial charge in [-0.25, -0.2) is 0 Å². The molecule has 2 heterocycles. The minimum absolute atomic E-state index is 0.100. The van der Waals surface area contributed by atoms with Crippen LogP contribution in [0.5, 0.6) is 0 Å². The number of aromatic nitrogens is 2. The van der Waals surface area contributed by atoms with E-state index in [1.807, 2.05) is 12.1 Å². The van der Waals surface area contributed by atoms with E-state index < -0.39 is 0 Å². The summed E-state index contributed by atoms with van der Waals surface area (Å²) in [6, 6.07) is 5.47. The highest BCUT2D eigenvalue weighted by atomic mass is 35.5. The fourth-order valence-corrected chi connectivity index (χ4v) is 4.21. The summed E-state index contributed by atoms with van der Waals surface area (Å²) in [6.07, 6.45) is 2.37. The molecule has 7 heteroatoms. The zero-order chi connectivity index (χ0) is 17.7. The molecule has 1 aliphatic carbocycles. The number of rotatable bonds is 3. The molecule has 2 N–H and O–H groups in total. The van der Waals surface area contributed by atoms with Crippen LogP contribution in [0.15, 0.2) is 27.5 Å². The van der Waals surface area contributed by atoms with Gasteiger partial charge in [0.25, 0.3) is 5.56 Å². The first-order valence-corrected chi connectivity index (χ1v) is 8.71. The average Bonchev–Trinajstić information content (AvgIpc) is 3.18. The molecule has 2 unspecified atom stereocenters. The van der Waals surface area contributed by atoms with Crippen LogP contribution in [0.1, 0.15) is 25.0 Å². The van der Waals surface area contributed by atoms with Crippen molar-refractivity contribution >= 4 is 39.3 Å². The Balaban J connectivity index is 1.89. The molecule has 1 fully saturated rings. The second-order valence-corrected chi connectivity index (χ2v) is 7.20. The van der Waals surface area contributed by atoms with Gasteiger partial charge in [-0.3, -0.25) is 9.59 Å². The molecule has 2 aromatic heterocycles. The van der Waals surface area contributed by atoms with E-state index in [1.165, 1.54) is 0 Å². The first-order chi connectivity index (χ1) is 12.0. The van der Waals surface area contributed by atoms with Crippen molar-refractivity contribution in [2.75, 3.05) is 0 Å². The number of hydrogen-bond donors (Lipinski definition) is 1. The molecule has 1 amide bonds. The lowest BCUT2D eigenvalue weighted by atomic mass is 10.0. The summed E-state index contributed by atoms with van der Waals surface area (Å²) in [6.45, 7) is 2.25. The molecule has 1 saturated carbocycles. The number of nitrogens with two attached hydrogens (primary N) is 1. The van der Waals surface area contributed by atoms with Crippen molar-refractivity contribution in [2.24, 2.45) is 17.6 Å². The second-order valence-electron chi connectivity index (χ2n) is 6.79. The van der Waals surface area contributed by atoms with Crippen LogP contribution in [0.3, 0.4) is 0 Å². The van der Waals surface area contributed by atoms with Crippen LogP contribution in [0, 0.1) is 18.8 Å². The lowest BCUT2D eigenvalue weighted by molar-refractivity contribution is -0.121. The van der Waals surface area contributed by atoms with Gasteiger partial charge < -0.3 is 14.8 Å². The quantitative estimate of drug-likeness (QED) is 0.778. The molecule has 1 aliphatic rings. The molecule has 0 bridgehead atoms. The van der Waals surface area contributed by atoms with Gasteiger partial charge in [0.05, 0.1) is 10.5 Å². The van der Waals surface area contributed by atoms with Gasteiger partial charge in [-0.1, -0.05) is 22.8 Å². The molecule has 6 nitrogen and oxygen atoms in total. The predicted molar refractivity (Wildman–Crippen MR) is 95.5 cm³/mol. The SMILES string of the molecule is Cc1onc2c1c(=O)n(CC1CCC(C(N)=O)C1)c1cccc(Cl)c21. The highest BCUT2D eigenvalue weighted by Crippen LogP contribution is 2.34. The Bertz CT molecular complexity index is 1050. The summed E-state index contributed by atoms with van der Waals surface area (Å²) < 4.78 is 6.99. The van der Waals surface area contributed by atoms with Gasteiger partial charge in [0.2, 0.25) is 5.91 Å². The lowest BCUT2D eigenvalue weighted by Gasteiger charge is -2.16. The molecule has 25 heavy (non-hydrogen) atoms. The number of primary amides is 1. The van der Waals surface area contributed by atoms with Gasteiger partial charge in [0.1, 0.15) is 16.7 Å². The molecule has 0 saturated heterocycles. The third-order valence-electron chi connectivity index (χ3n) is 5.23. The summed E-state index contributed by atoms with van der Waals surface area (Å²) in [7, 11) is 0. The van der Waals surface area contributed by atoms with Crippen LogP contribution in [-0.4, -0.2) is 15.6 Å². The maximum atomic E-state index is 13.1. The molecule has 0 radical (unpaired) electrons. The number of fused-ring (bicyclic) bond motifs is 3. The standard InChI is InChI=1S/C18H18ClN3O3/c1-9-14-16(21-25-9)15-12(19)3-2-4-13(15)22(18(14)24)8-10-5-6-11(7-10)17(20)23/h2-4,10-11H,5-8H2,1H3,(H2,20,23). The van der Waals surface area contributed by atoms with E-state index in [1.54, 1.807) is 17.6 Å². The number of amides is 1. The van der Waals surface area contributed by atoms with E-state index in [0.29, 0.717) is 34.7 Å². The minimum atomic E-state index is -0.256. The van der Waals surface area contributed by atoms with E-state index in [4.69, 9.17) is 21.9 Å². The maximum Gasteiger partial charge on any atom is 0.264 e. The van der Waals surface area contributed by atoms with Crippen molar-refractivity contribution in [3.05, 3.63) is 39.3 Å². The van der Waals surface area contributed by atoms with Crippen molar-refractivity contribution in [3.8, 4) is 0 Å². The molecule has 1 aromatic carbocycles. The van der Waals surface area contributed by atoms with Crippen molar-refractivity contribution in [2.45, 2.75) is 32.7 Å². The Hall–Kier alpha value is -2.34. The molecule has 3 aromatic rings. The Morgan fingerprint density at radius 1 is 1.40 bits per heavy atom. The van der Waals surface area contributed by atoms with Gasteiger partial charge in [-0.15, -0.1) is 0 Å². The number of carbonyl (C=O) groups excluding carboxylic acids is 1. The molecule has 0 spiro atoms. The molecular formula is C18H18ClN3O3. The second kappa shape index (κ2) is 5.88. The molecule has 4 rings (SSSR count). The van der Waals surface area contributed by atoms with E-state index in [0.717, 1.165) is 23.7 Å². The maximum absolute atomic E-state index is 13.1. The van der Waals surface area contributed by atoms with Crippen LogP contribution in [-0.2, 0) is 11.3 Å². The normalized spacial score (nSPS) is 20.6. The van der Waals surface area contributed by atoms with E-state index >= 15 is 0 Å². The van der Waals surface area contributed by atoms with Gasteiger partial charge in [0.15, 0.2) is 0 Å². The average molecular weight is 360 g/mol. The topological polar surface area (TPSA) is 91.1 Å². The fourth-order valence-electron chi connectivity index (χ4n) is 3.95.